The second kappa shape index (κ2) is 5.37. The van der Waals surface area contributed by atoms with Gasteiger partial charge in [-0.2, -0.15) is 0 Å². The van der Waals surface area contributed by atoms with Crippen molar-refractivity contribution >= 4 is 0 Å². The molecule has 0 unspecified atom stereocenters. The Kier molecular flexibility index (Phi) is 3.85. The van der Waals surface area contributed by atoms with E-state index in [2.05, 4.69) is 12.6 Å². The van der Waals surface area contributed by atoms with Crippen molar-refractivity contribution in [1.82, 2.24) is 0 Å². The number of benzene rings is 1. The Morgan fingerprint density at radius 1 is 1.24 bits per heavy atom. The van der Waals surface area contributed by atoms with Gasteiger partial charge < -0.3 is 10.2 Å². The van der Waals surface area contributed by atoms with Gasteiger partial charge in [0.2, 0.25) is 0 Å². The van der Waals surface area contributed by atoms with Crippen molar-refractivity contribution in [3.63, 3.8) is 0 Å². The number of phenols is 1. The Morgan fingerprint density at radius 3 is 2.59 bits per heavy atom. The van der Waals surface area contributed by atoms with Crippen LogP contribution in [0.1, 0.15) is 42.7 Å². The van der Waals surface area contributed by atoms with Crippen LogP contribution in [0.25, 0.3) is 0 Å². The van der Waals surface area contributed by atoms with Gasteiger partial charge in [0.05, 0.1) is 6.10 Å². The molecule has 0 saturated heterocycles. The van der Waals surface area contributed by atoms with E-state index < -0.39 is 0 Å². The summed E-state index contributed by atoms with van der Waals surface area (Å²) in [4.78, 5) is 0. The van der Waals surface area contributed by atoms with E-state index in [9.17, 15) is 10.2 Å². The predicted molar refractivity (Wildman–Crippen MR) is 69.2 cm³/mol. The number of aliphatic hydroxyl groups is 1. The van der Waals surface area contributed by atoms with Crippen molar-refractivity contribution in [3.8, 4) is 5.75 Å². The number of allylic oxidation sites excluding steroid dienone is 1. The lowest BCUT2D eigenvalue weighted by Crippen LogP contribution is -2.17. The van der Waals surface area contributed by atoms with Crippen LogP contribution in [0.15, 0.2) is 30.9 Å². The zero-order valence-corrected chi connectivity index (χ0v) is 10.1. The molecule has 2 N–H and O–H groups in total. The molecule has 2 nitrogen and oxygen atoms in total. The van der Waals surface area contributed by atoms with E-state index in [1.54, 1.807) is 6.07 Å². The van der Waals surface area contributed by atoms with Crippen LogP contribution >= 0.6 is 0 Å². The molecule has 2 rings (SSSR count). The molecule has 17 heavy (non-hydrogen) atoms. The monoisotopic (exact) mass is 232 g/mol. The first-order valence-corrected chi connectivity index (χ1v) is 6.31. The molecule has 0 heterocycles. The Hall–Kier alpha value is -1.28. The van der Waals surface area contributed by atoms with E-state index in [1.165, 1.54) is 5.56 Å². The van der Waals surface area contributed by atoms with Crippen LogP contribution < -0.4 is 0 Å². The summed E-state index contributed by atoms with van der Waals surface area (Å²) in [5.74, 6) is 0.882. The van der Waals surface area contributed by atoms with Gasteiger partial charge in [0.15, 0.2) is 0 Å². The van der Waals surface area contributed by atoms with Crippen molar-refractivity contribution in [2.75, 3.05) is 0 Å². The van der Waals surface area contributed by atoms with E-state index in [1.807, 2.05) is 12.1 Å². The highest BCUT2D eigenvalue weighted by Crippen LogP contribution is 2.34. The minimum Gasteiger partial charge on any atom is -0.508 e. The summed E-state index contributed by atoms with van der Waals surface area (Å²) >= 11 is 0. The third-order valence-electron chi connectivity index (χ3n) is 3.64. The number of aliphatic hydroxyl groups excluding tert-OH is 1. The summed E-state index contributed by atoms with van der Waals surface area (Å²) in [7, 11) is 0. The number of aromatic hydroxyl groups is 1. The molecular formula is C15H20O2. The van der Waals surface area contributed by atoms with Crippen molar-refractivity contribution in [2.45, 2.75) is 44.1 Å². The van der Waals surface area contributed by atoms with Gasteiger partial charge >= 0.3 is 0 Å². The summed E-state index contributed by atoms with van der Waals surface area (Å²) in [5.41, 5.74) is 2.23. The fourth-order valence-electron chi connectivity index (χ4n) is 2.59. The fraction of sp³-hybridized carbons (Fsp3) is 0.467. The molecule has 0 aromatic heterocycles. The van der Waals surface area contributed by atoms with Gasteiger partial charge in [-0.1, -0.05) is 18.2 Å². The Bertz CT molecular complexity index is 390. The molecule has 1 aliphatic carbocycles. The molecule has 2 heteroatoms. The molecule has 0 radical (unpaired) electrons. The standard InChI is InChI=1S/C15H20O2/c1-2-3-13-10-12(6-9-15(13)17)11-4-7-14(16)8-5-11/h2,6,9-11,14,16-17H,1,3-5,7-8H2/t11-,14-. The minimum atomic E-state index is -0.115. The van der Waals surface area contributed by atoms with Gasteiger partial charge in [-0.05, 0) is 55.2 Å². The average molecular weight is 232 g/mol. The third-order valence-corrected chi connectivity index (χ3v) is 3.64. The first-order valence-electron chi connectivity index (χ1n) is 6.31. The minimum absolute atomic E-state index is 0.115. The van der Waals surface area contributed by atoms with Crippen molar-refractivity contribution in [2.24, 2.45) is 0 Å². The lowest BCUT2D eigenvalue weighted by atomic mass is 9.82. The van der Waals surface area contributed by atoms with Crippen LogP contribution in [-0.4, -0.2) is 16.3 Å². The quantitative estimate of drug-likeness (QED) is 0.786. The average Bonchev–Trinajstić information content (AvgIpc) is 2.33. The van der Waals surface area contributed by atoms with Gasteiger partial charge in [-0.3, -0.25) is 0 Å². The molecule has 1 fully saturated rings. The van der Waals surface area contributed by atoms with Crippen LogP contribution in [0.4, 0.5) is 0 Å². The summed E-state index contributed by atoms with van der Waals surface area (Å²) in [5, 5.41) is 19.2. The maximum atomic E-state index is 9.72. The Labute approximate surface area is 103 Å². The zero-order valence-electron chi connectivity index (χ0n) is 10.1. The van der Waals surface area contributed by atoms with Crippen LogP contribution in [0.2, 0.25) is 0 Å². The molecule has 0 spiro atoms. The maximum absolute atomic E-state index is 9.72. The molecule has 92 valence electrons. The summed E-state index contributed by atoms with van der Waals surface area (Å²) in [6.07, 6.45) is 6.26. The summed E-state index contributed by atoms with van der Waals surface area (Å²) in [6, 6.07) is 5.86. The van der Waals surface area contributed by atoms with Crippen LogP contribution in [0.5, 0.6) is 5.75 Å². The Morgan fingerprint density at radius 2 is 1.94 bits per heavy atom. The number of phenolic OH excluding ortho intramolecular Hbond substituents is 1. The number of rotatable bonds is 3. The molecule has 0 bridgehead atoms. The van der Waals surface area contributed by atoms with Crippen molar-refractivity contribution in [3.05, 3.63) is 42.0 Å². The predicted octanol–water partition coefficient (Wildman–Crippen LogP) is 3.14. The Balaban J connectivity index is 2.15. The highest BCUT2D eigenvalue weighted by atomic mass is 16.3. The largest absolute Gasteiger partial charge is 0.508 e. The molecule has 1 aromatic rings. The fourth-order valence-corrected chi connectivity index (χ4v) is 2.59. The van der Waals surface area contributed by atoms with E-state index in [-0.39, 0.29) is 6.10 Å². The first kappa shape index (κ1) is 12.2. The van der Waals surface area contributed by atoms with Crippen LogP contribution in [-0.2, 0) is 6.42 Å². The van der Waals surface area contributed by atoms with E-state index in [0.717, 1.165) is 31.2 Å². The van der Waals surface area contributed by atoms with Gasteiger partial charge in [0.1, 0.15) is 5.75 Å². The molecular weight excluding hydrogens is 212 g/mol. The van der Waals surface area contributed by atoms with Gasteiger partial charge in [-0.15, -0.1) is 6.58 Å². The van der Waals surface area contributed by atoms with Crippen LogP contribution in [0, 0.1) is 0 Å². The van der Waals surface area contributed by atoms with E-state index >= 15 is 0 Å². The molecule has 1 saturated carbocycles. The highest BCUT2D eigenvalue weighted by Gasteiger charge is 2.21. The molecule has 1 aromatic carbocycles. The second-order valence-electron chi connectivity index (χ2n) is 4.89. The van der Waals surface area contributed by atoms with E-state index in [0.29, 0.717) is 18.1 Å². The van der Waals surface area contributed by atoms with E-state index in [4.69, 9.17) is 0 Å². The molecule has 0 aliphatic heterocycles. The molecule has 0 atom stereocenters. The molecule has 1 aliphatic rings. The SMILES string of the molecule is C=CCc1cc([C@H]2CC[C@H](O)CC2)ccc1O. The van der Waals surface area contributed by atoms with Gasteiger partial charge in [0.25, 0.3) is 0 Å². The summed E-state index contributed by atoms with van der Waals surface area (Å²) in [6.45, 7) is 3.71. The number of hydrogen-bond donors (Lipinski definition) is 2. The smallest absolute Gasteiger partial charge is 0.119 e. The van der Waals surface area contributed by atoms with Gasteiger partial charge in [0, 0.05) is 0 Å². The van der Waals surface area contributed by atoms with Crippen molar-refractivity contribution in [1.29, 1.82) is 0 Å². The lowest BCUT2D eigenvalue weighted by molar-refractivity contribution is 0.122. The maximum Gasteiger partial charge on any atom is 0.119 e. The van der Waals surface area contributed by atoms with Gasteiger partial charge in [-0.25, -0.2) is 0 Å². The third kappa shape index (κ3) is 2.89. The number of hydrogen-bond acceptors (Lipinski definition) is 2. The highest BCUT2D eigenvalue weighted by molar-refractivity contribution is 5.38. The first-order chi connectivity index (χ1) is 8.20. The second-order valence-corrected chi connectivity index (χ2v) is 4.89. The topological polar surface area (TPSA) is 40.5 Å². The van der Waals surface area contributed by atoms with Crippen LogP contribution in [0.3, 0.4) is 0 Å². The summed E-state index contributed by atoms with van der Waals surface area (Å²) < 4.78 is 0. The lowest BCUT2D eigenvalue weighted by Gasteiger charge is -2.26. The molecule has 0 amide bonds. The van der Waals surface area contributed by atoms with Crippen molar-refractivity contribution < 1.29 is 10.2 Å². The normalized spacial score (nSPS) is 24.5. The zero-order chi connectivity index (χ0) is 12.3.